The van der Waals surface area contributed by atoms with E-state index >= 15 is 0 Å². The van der Waals surface area contributed by atoms with Crippen LogP contribution in [0.5, 0.6) is 0 Å². The lowest BCUT2D eigenvalue weighted by atomic mass is 10.3. The average molecular weight is 262 g/mol. The van der Waals surface area contributed by atoms with Crippen molar-refractivity contribution in [3.8, 4) is 0 Å². The first-order chi connectivity index (χ1) is 7.89. The molecule has 1 aromatic carbocycles. The van der Waals surface area contributed by atoms with E-state index in [1.54, 1.807) is 0 Å². The number of anilines is 1. The van der Waals surface area contributed by atoms with Gasteiger partial charge in [0.2, 0.25) is 10.0 Å². The first-order valence-corrected chi connectivity index (χ1v) is 6.46. The van der Waals surface area contributed by atoms with Crippen molar-refractivity contribution in [1.29, 1.82) is 0 Å². The van der Waals surface area contributed by atoms with Gasteiger partial charge in [-0.3, -0.25) is 0 Å². The lowest BCUT2D eigenvalue weighted by Crippen LogP contribution is -2.29. The second-order valence-electron chi connectivity index (χ2n) is 3.59. The van der Waals surface area contributed by atoms with Gasteiger partial charge in [0.05, 0.1) is 5.69 Å². The molecule has 0 aliphatic rings. The quantitative estimate of drug-likeness (QED) is 0.753. The first kappa shape index (κ1) is 13.9. The monoisotopic (exact) mass is 262 g/mol. The predicted molar refractivity (Wildman–Crippen MR) is 62.3 cm³/mol. The molecule has 0 radical (unpaired) electrons. The van der Waals surface area contributed by atoms with Crippen LogP contribution in [-0.4, -0.2) is 38.0 Å². The molecule has 0 atom stereocenters. The van der Waals surface area contributed by atoms with Gasteiger partial charge in [0.1, 0.15) is 10.7 Å². The Bertz CT molecular complexity index is 490. The van der Waals surface area contributed by atoms with Crippen LogP contribution in [-0.2, 0) is 10.0 Å². The molecular weight excluding hydrogens is 247 g/mol. The van der Waals surface area contributed by atoms with Crippen LogP contribution in [0.25, 0.3) is 0 Å². The number of hydrogen-bond acceptors (Lipinski definition) is 4. The average Bonchev–Trinajstić information content (AvgIpc) is 2.25. The Morgan fingerprint density at radius 3 is 2.65 bits per heavy atom. The second kappa shape index (κ2) is 5.44. The normalized spacial score (nSPS) is 12.0. The standard InChI is InChI=1S/C10H15FN2O3S/c1-13(5-2-6-14)17(15,16)10-4-3-8(11)7-9(10)12/h3-4,7,14H,2,5-6,12H2,1H3. The first-order valence-electron chi connectivity index (χ1n) is 5.02. The van der Waals surface area contributed by atoms with E-state index in [4.69, 9.17) is 10.8 Å². The maximum atomic E-state index is 12.8. The Morgan fingerprint density at radius 1 is 1.47 bits per heavy atom. The highest BCUT2D eigenvalue weighted by Gasteiger charge is 2.22. The van der Waals surface area contributed by atoms with E-state index in [1.807, 2.05) is 0 Å². The third-order valence-electron chi connectivity index (χ3n) is 2.29. The van der Waals surface area contributed by atoms with E-state index in [2.05, 4.69) is 0 Å². The summed E-state index contributed by atoms with van der Waals surface area (Å²) >= 11 is 0. The molecule has 0 fully saturated rings. The molecule has 3 N–H and O–H groups in total. The summed E-state index contributed by atoms with van der Waals surface area (Å²) in [6.45, 7) is 0.0778. The van der Waals surface area contributed by atoms with E-state index in [0.29, 0.717) is 6.42 Å². The number of benzene rings is 1. The van der Waals surface area contributed by atoms with Crippen LogP contribution in [0.15, 0.2) is 23.1 Å². The lowest BCUT2D eigenvalue weighted by Gasteiger charge is -2.17. The SMILES string of the molecule is CN(CCCO)S(=O)(=O)c1ccc(F)cc1N. The Labute approximate surface area is 99.7 Å². The molecule has 7 heteroatoms. The van der Waals surface area contributed by atoms with Crippen molar-refractivity contribution in [2.24, 2.45) is 0 Å². The molecule has 0 unspecified atom stereocenters. The van der Waals surface area contributed by atoms with Crippen LogP contribution in [0.3, 0.4) is 0 Å². The fourth-order valence-electron chi connectivity index (χ4n) is 1.34. The van der Waals surface area contributed by atoms with Gasteiger partial charge < -0.3 is 10.8 Å². The van der Waals surface area contributed by atoms with Crippen LogP contribution in [0.2, 0.25) is 0 Å². The van der Waals surface area contributed by atoms with E-state index < -0.39 is 15.8 Å². The van der Waals surface area contributed by atoms with Crippen molar-refractivity contribution >= 4 is 15.7 Å². The van der Waals surface area contributed by atoms with Crippen molar-refractivity contribution in [3.05, 3.63) is 24.0 Å². The van der Waals surface area contributed by atoms with Gasteiger partial charge in [-0.15, -0.1) is 0 Å². The summed E-state index contributed by atoms with van der Waals surface area (Å²) in [5.41, 5.74) is 5.35. The highest BCUT2D eigenvalue weighted by atomic mass is 32.2. The fourth-order valence-corrected chi connectivity index (χ4v) is 2.64. The number of nitrogens with two attached hydrogens (primary N) is 1. The minimum absolute atomic E-state index is 0.0985. The minimum atomic E-state index is -3.73. The van der Waals surface area contributed by atoms with Gasteiger partial charge in [-0.05, 0) is 24.6 Å². The highest BCUT2D eigenvalue weighted by Crippen LogP contribution is 2.22. The van der Waals surface area contributed by atoms with Crippen LogP contribution in [0, 0.1) is 5.82 Å². The van der Waals surface area contributed by atoms with Crippen molar-refractivity contribution in [2.75, 3.05) is 25.9 Å². The molecule has 0 saturated heterocycles. The smallest absolute Gasteiger partial charge is 0.244 e. The Morgan fingerprint density at radius 2 is 2.12 bits per heavy atom. The van der Waals surface area contributed by atoms with Gasteiger partial charge in [-0.1, -0.05) is 0 Å². The topological polar surface area (TPSA) is 83.6 Å². The number of nitrogen functional groups attached to an aromatic ring is 1. The molecule has 1 rings (SSSR count). The maximum absolute atomic E-state index is 12.8. The second-order valence-corrected chi connectivity index (χ2v) is 5.60. The summed E-state index contributed by atoms with van der Waals surface area (Å²) in [6, 6.07) is 3.14. The van der Waals surface area contributed by atoms with Gasteiger partial charge in [0.15, 0.2) is 0 Å². The predicted octanol–water partition coefficient (Wildman–Crippen LogP) is 0.411. The van der Waals surface area contributed by atoms with E-state index in [0.717, 1.165) is 22.5 Å². The lowest BCUT2D eigenvalue weighted by molar-refractivity contribution is 0.275. The third kappa shape index (κ3) is 3.15. The van der Waals surface area contributed by atoms with Gasteiger partial charge >= 0.3 is 0 Å². The van der Waals surface area contributed by atoms with Gasteiger partial charge in [0.25, 0.3) is 0 Å². The number of halogens is 1. The van der Waals surface area contributed by atoms with Crippen LogP contribution in [0.1, 0.15) is 6.42 Å². The van der Waals surface area contributed by atoms with Gasteiger partial charge in [-0.25, -0.2) is 17.1 Å². The van der Waals surface area contributed by atoms with Crippen molar-refractivity contribution in [3.63, 3.8) is 0 Å². The van der Waals surface area contributed by atoms with Crippen molar-refractivity contribution < 1.29 is 17.9 Å². The van der Waals surface area contributed by atoms with Crippen molar-refractivity contribution in [1.82, 2.24) is 4.31 Å². The molecule has 0 aromatic heterocycles. The van der Waals surface area contributed by atoms with Gasteiger partial charge in [-0.2, -0.15) is 0 Å². The van der Waals surface area contributed by atoms with Crippen LogP contribution < -0.4 is 5.73 Å². The summed E-state index contributed by atoms with van der Waals surface area (Å²) < 4.78 is 37.9. The molecule has 5 nitrogen and oxygen atoms in total. The number of hydrogen-bond donors (Lipinski definition) is 2. The zero-order valence-corrected chi connectivity index (χ0v) is 10.2. The van der Waals surface area contributed by atoms with E-state index in [-0.39, 0.29) is 23.7 Å². The molecule has 0 amide bonds. The van der Waals surface area contributed by atoms with Crippen LogP contribution in [0.4, 0.5) is 10.1 Å². The molecule has 96 valence electrons. The van der Waals surface area contributed by atoms with E-state index in [1.165, 1.54) is 7.05 Å². The zero-order chi connectivity index (χ0) is 13.1. The molecule has 17 heavy (non-hydrogen) atoms. The largest absolute Gasteiger partial charge is 0.398 e. The molecule has 0 bridgehead atoms. The Hall–Kier alpha value is -1.18. The number of nitrogens with zero attached hydrogens (tertiary/aromatic N) is 1. The highest BCUT2D eigenvalue weighted by molar-refractivity contribution is 7.89. The summed E-state index contributed by atoms with van der Waals surface area (Å²) in [7, 11) is -2.35. The summed E-state index contributed by atoms with van der Waals surface area (Å²) in [4.78, 5) is -0.126. The Kier molecular flexibility index (Phi) is 4.44. The molecule has 0 spiro atoms. The number of aliphatic hydroxyl groups is 1. The Balaban J connectivity index is 3.04. The molecular formula is C10H15FN2O3S. The number of aliphatic hydroxyl groups excluding tert-OH is 1. The summed E-state index contributed by atoms with van der Waals surface area (Å²) in [5.74, 6) is -0.584. The van der Waals surface area contributed by atoms with Crippen molar-refractivity contribution in [2.45, 2.75) is 11.3 Å². The third-order valence-corrected chi connectivity index (χ3v) is 4.22. The summed E-state index contributed by atoms with van der Waals surface area (Å²) in [5, 5.41) is 8.65. The molecule has 0 heterocycles. The summed E-state index contributed by atoms with van der Waals surface area (Å²) in [6.07, 6.45) is 0.330. The number of rotatable bonds is 5. The zero-order valence-electron chi connectivity index (χ0n) is 9.43. The molecule has 1 aromatic rings. The van der Waals surface area contributed by atoms with E-state index in [9.17, 15) is 12.8 Å². The minimum Gasteiger partial charge on any atom is -0.398 e. The molecule has 0 aliphatic carbocycles. The molecule has 0 saturated carbocycles. The van der Waals surface area contributed by atoms with Gasteiger partial charge in [0, 0.05) is 20.2 Å². The fraction of sp³-hybridized carbons (Fsp3) is 0.400. The number of sulfonamides is 1. The maximum Gasteiger partial charge on any atom is 0.244 e. The van der Waals surface area contributed by atoms with Crippen LogP contribution >= 0.6 is 0 Å². The molecule has 0 aliphatic heterocycles.